The van der Waals surface area contributed by atoms with Gasteiger partial charge in [0.15, 0.2) is 11.5 Å². The second kappa shape index (κ2) is 11.7. The van der Waals surface area contributed by atoms with Crippen molar-refractivity contribution in [2.75, 3.05) is 39.5 Å². The second-order valence-electron chi connectivity index (χ2n) is 8.84. The summed E-state index contributed by atoms with van der Waals surface area (Å²) in [4.78, 5) is 17.0. The summed E-state index contributed by atoms with van der Waals surface area (Å²) in [6.45, 7) is 5.72. The van der Waals surface area contributed by atoms with Crippen LogP contribution in [0.5, 0.6) is 23.0 Å². The van der Waals surface area contributed by atoms with E-state index in [0.29, 0.717) is 19.0 Å². The summed E-state index contributed by atoms with van der Waals surface area (Å²) in [5, 5.41) is 4.11. The molecule has 0 bridgehead atoms. The third-order valence-electron chi connectivity index (χ3n) is 6.20. The minimum absolute atomic E-state index is 0.0919. The summed E-state index contributed by atoms with van der Waals surface area (Å²) in [5.41, 5.74) is 4.71. The maximum Gasteiger partial charge on any atom is 0.241 e. The molecule has 3 aromatic rings. The minimum Gasteiger partial charge on any atom is -0.457 e. The highest BCUT2D eigenvalue weighted by molar-refractivity contribution is 5.82. The van der Waals surface area contributed by atoms with Gasteiger partial charge in [-0.1, -0.05) is 36.4 Å². The fourth-order valence-corrected chi connectivity index (χ4v) is 4.25. The number of benzene rings is 3. The largest absolute Gasteiger partial charge is 0.457 e. The zero-order valence-electron chi connectivity index (χ0n) is 20.1. The Bertz CT molecular complexity index is 1190. The van der Waals surface area contributed by atoms with Crippen LogP contribution in [0, 0.1) is 0 Å². The number of hydrogen-bond donors (Lipinski definition) is 1. The van der Waals surface area contributed by atoms with Crippen molar-refractivity contribution < 1.29 is 19.0 Å². The van der Waals surface area contributed by atoms with Gasteiger partial charge >= 0.3 is 0 Å². The molecule has 0 atom stereocenters. The van der Waals surface area contributed by atoms with Crippen molar-refractivity contribution in [3.63, 3.8) is 0 Å². The van der Waals surface area contributed by atoms with Gasteiger partial charge in [0.1, 0.15) is 11.5 Å². The van der Waals surface area contributed by atoms with Gasteiger partial charge in [-0.15, -0.1) is 0 Å². The third kappa shape index (κ3) is 6.62. The number of nitrogens with zero attached hydrogens (tertiary/aromatic N) is 3. The molecule has 2 heterocycles. The van der Waals surface area contributed by atoms with E-state index in [0.717, 1.165) is 62.1 Å². The van der Waals surface area contributed by atoms with Crippen LogP contribution >= 0.6 is 0 Å². The van der Waals surface area contributed by atoms with Crippen molar-refractivity contribution >= 4 is 12.1 Å². The molecular formula is C28H30N4O4. The molecular weight excluding hydrogens is 456 g/mol. The molecule has 0 aliphatic carbocycles. The summed E-state index contributed by atoms with van der Waals surface area (Å²) in [6, 6.07) is 23.3. The third-order valence-corrected chi connectivity index (χ3v) is 6.20. The molecule has 2 aliphatic rings. The van der Waals surface area contributed by atoms with Gasteiger partial charge in [0, 0.05) is 45.7 Å². The number of hydrogen-bond acceptors (Lipinski definition) is 7. The van der Waals surface area contributed by atoms with Gasteiger partial charge < -0.3 is 19.1 Å². The van der Waals surface area contributed by atoms with E-state index in [2.05, 4.69) is 32.5 Å². The first-order chi connectivity index (χ1) is 17.7. The zero-order valence-corrected chi connectivity index (χ0v) is 20.1. The standard InChI is InChI=1S/C28H30N4O4/c33-28(30-29-19-22-5-4-8-25(17-22)36-24-6-2-1-3-7-24)11-12-31-13-15-32(16-14-31)20-23-9-10-26-27(18-23)35-21-34-26/h1-10,17-19H,11-16,20-21H2,(H,30,33). The Labute approximate surface area is 211 Å². The summed E-state index contributed by atoms with van der Waals surface area (Å²) >= 11 is 0. The lowest BCUT2D eigenvalue weighted by molar-refractivity contribution is -0.121. The van der Waals surface area contributed by atoms with Gasteiger partial charge in [-0.3, -0.25) is 9.69 Å². The van der Waals surface area contributed by atoms with Crippen molar-refractivity contribution in [1.82, 2.24) is 15.2 Å². The molecule has 0 radical (unpaired) electrons. The maximum absolute atomic E-state index is 12.3. The van der Waals surface area contributed by atoms with Crippen LogP contribution in [0.2, 0.25) is 0 Å². The Morgan fingerprint density at radius 3 is 2.53 bits per heavy atom. The van der Waals surface area contributed by atoms with E-state index in [9.17, 15) is 4.79 Å². The number of para-hydroxylation sites is 1. The first-order valence-electron chi connectivity index (χ1n) is 12.2. The first kappa shape index (κ1) is 23.8. The zero-order chi connectivity index (χ0) is 24.6. The summed E-state index contributed by atoms with van der Waals surface area (Å²) in [5.74, 6) is 3.04. The number of fused-ring (bicyclic) bond motifs is 1. The summed E-state index contributed by atoms with van der Waals surface area (Å²) < 4.78 is 16.7. The Morgan fingerprint density at radius 2 is 1.67 bits per heavy atom. The molecule has 1 fully saturated rings. The van der Waals surface area contributed by atoms with Crippen molar-refractivity contribution in [3.8, 4) is 23.0 Å². The normalized spacial score (nSPS) is 15.8. The van der Waals surface area contributed by atoms with E-state index in [-0.39, 0.29) is 5.91 Å². The van der Waals surface area contributed by atoms with Gasteiger partial charge in [-0.05, 0) is 47.5 Å². The predicted octanol–water partition coefficient (Wildman–Crippen LogP) is 3.87. The van der Waals surface area contributed by atoms with Crippen molar-refractivity contribution in [1.29, 1.82) is 0 Å². The molecule has 8 nitrogen and oxygen atoms in total. The molecule has 1 N–H and O–H groups in total. The van der Waals surface area contributed by atoms with Crippen molar-refractivity contribution in [2.45, 2.75) is 13.0 Å². The highest BCUT2D eigenvalue weighted by Crippen LogP contribution is 2.32. The smallest absolute Gasteiger partial charge is 0.241 e. The molecule has 0 unspecified atom stereocenters. The van der Waals surface area contributed by atoms with Crippen LogP contribution in [-0.2, 0) is 11.3 Å². The molecule has 0 spiro atoms. The molecule has 1 saturated heterocycles. The van der Waals surface area contributed by atoms with E-state index in [1.54, 1.807) is 6.21 Å². The summed E-state index contributed by atoms with van der Waals surface area (Å²) in [6.07, 6.45) is 2.04. The molecule has 0 aromatic heterocycles. The van der Waals surface area contributed by atoms with Crippen molar-refractivity contribution in [2.24, 2.45) is 5.10 Å². The fraction of sp³-hybridized carbons (Fsp3) is 0.286. The molecule has 1 amide bonds. The lowest BCUT2D eigenvalue weighted by Gasteiger charge is -2.34. The lowest BCUT2D eigenvalue weighted by Crippen LogP contribution is -2.46. The number of piperazine rings is 1. The van der Waals surface area contributed by atoms with E-state index in [4.69, 9.17) is 14.2 Å². The number of hydrazone groups is 1. The summed E-state index contributed by atoms with van der Waals surface area (Å²) in [7, 11) is 0. The van der Waals surface area contributed by atoms with Crippen LogP contribution in [0.25, 0.3) is 0 Å². The average Bonchev–Trinajstić information content (AvgIpc) is 3.37. The quantitative estimate of drug-likeness (QED) is 0.366. The van der Waals surface area contributed by atoms with Gasteiger partial charge in [-0.25, -0.2) is 5.43 Å². The SMILES string of the molecule is O=C(CCN1CCN(Cc2ccc3c(c2)OCO3)CC1)NN=Cc1cccc(Oc2ccccc2)c1. The van der Waals surface area contributed by atoms with Gasteiger partial charge in [0.25, 0.3) is 0 Å². The fourth-order valence-electron chi connectivity index (χ4n) is 4.25. The average molecular weight is 487 g/mol. The molecule has 2 aliphatic heterocycles. The van der Waals surface area contributed by atoms with E-state index < -0.39 is 0 Å². The van der Waals surface area contributed by atoms with Crippen LogP contribution < -0.4 is 19.6 Å². The van der Waals surface area contributed by atoms with Gasteiger partial charge in [0.05, 0.1) is 6.21 Å². The molecule has 186 valence electrons. The number of carbonyl (C=O) groups is 1. The highest BCUT2D eigenvalue weighted by atomic mass is 16.7. The van der Waals surface area contributed by atoms with Crippen LogP contribution in [-0.4, -0.2) is 61.4 Å². The van der Waals surface area contributed by atoms with Crippen LogP contribution in [0.15, 0.2) is 77.9 Å². The number of ether oxygens (including phenoxy) is 3. The Kier molecular flexibility index (Phi) is 7.75. The number of carbonyl (C=O) groups excluding carboxylic acids is 1. The molecule has 5 rings (SSSR count). The maximum atomic E-state index is 12.3. The highest BCUT2D eigenvalue weighted by Gasteiger charge is 2.19. The van der Waals surface area contributed by atoms with Crippen LogP contribution in [0.3, 0.4) is 0 Å². The number of nitrogens with one attached hydrogen (secondary N) is 1. The van der Waals surface area contributed by atoms with E-state index >= 15 is 0 Å². The monoisotopic (exact) mass is 486 g/mol. The second-order valence-corrected chi connectivity index (χ2v) is 8.84. The molecule has 8 heteroatoms. The lowest BCUT2D eigenvalue weighted by atomic mass is 10.1. The Hall–Kier alpha value is -3.88. The van der Waals surface area contributed by atoms with Gasteiger partial charge in [0.2, 0.25) is 12.7 Å². The molecule has 0 saturated carbocycles. The first-order valence-corrected chi connectivity index (χ1v) is 12.2. The van der Waals surface area contributed by atoms with E-state index in [1.165, 1.54) is 5.56 Å². The van der Waals surface area contributed by atoms with E-state index in [1.807, 2.05) is 60.7 Å². The van der Waals surface area contributed by atoms with Gasteiger partial charge in [-0.2, -0.15) is 5.10 Å². The van der Waals surface area contributed by atoms with Crippen LogP contribution in [0.1, 0.15) is 17.5 Å². The minimum atomic E-state index is -0.0919. The molecule has 3 aromatic carbocycles. The number of rotatable bonds is 9. The number of amides is 1. The van der Waals surface area contributed by atoms with Crippen LogP contribution in [0.4, 0.5) is 0 Å². The topological polar surface area (TPSA) is 75.6 Å². The van der Waals surface area contributed by atoms with Crippen molar-refractivity contribution in [3.05, 3.63) is 83.9 Å². The Morgan fingerprint density at radius 1 is 0.889 bits per heavy atom. The predicted molar refractivity (Wildman–Crippen MR) is 138 cm³/mol. The Balaban J connectivity index is 1.01. The molecule has 36 heavy (non-hydrogen) atoms.